The van der Waals surface area contributed by atoms with Crippen LogP contribution in [0, 0.1) is 0 Å². The van der Waals surface area contributed by atoms with E-state index in [9.17, 15) is 0 Å². The van der Waals surface area contributed by atoms with Gasteiger partial charge in [0.25, 0.3) is 0 Å². The molecule has 700 valence electrons. The average molecular weight is 1900 g/mol. The summed E-state index contributed by atoms with van der Waals surface area (Å²) in [6.07, 6.45) is 0. The summed E-state index contributed by atoms with van der Waals surface area (Å²) >= 11 is 0. The maximum Gasteiger partial charge on any atom is 0.235 e. The molecule has 27 aromatic rings. The second-order valence-corrected chi connectivity index (χ2v) is 40.8. The Labute approximate surface area is 856 Å². The van der Waals surface area contributed by atoms with Crippen molar-refractivity contribution in [3.8, 4) is 147 Å². The number of benzene rings is 20. The van der Waals surface area contributed by atoms with Crippen LogP contribution in [0.1, 0.15) is 74.9 Å². The van der Waals surface area contributed by atoms with Gasteiger partial charge in [0.1, 0.15) is 17.0 Å². The van der Waals surface area contributed by atoms with Gasteiger partial charge in [-0.05, 0) is 211 Å². The van der Waals surface area contributed by atoms with Gasteiger partial charge in [-0.25, -0.2) is 29.9 Å². The molecule has 148 heavy (non-hydrogen) atoms. The molecule has 0 atom stereocenters. The Morgan fingerprint density at radius 2 is 0.615 bits per heavy atom. The van der Waals surface area contributed by atoms with Crippen molar-refractivity contribution in [3.63, 3.8) is 0 Å². The van der Waals surface area contributed by atoms with Crippen molar-refractivity contribution in [3.05, 3.63) is 507 Å². The Bertz CT molecular complexity index is 9920. The predicted molar refractivity (Wildman–Crippen MR) is 609 cm³/mol. The molecule has 30 rings (SSSR count). The summed E-state index contributed by atoms with van der Waals surface area (Å²) in [6, 6.07) is 168. The molecule has 0 unspecified atom stereocenters. The number of rotatable bonds is 12. The van der Waals surface area contributed by atoms with Crippen molar-refractivity contribution < 1.29 is 4.42 Å². The van der Waals surface area contributed by atoms with Gasteiger partial charge in [0.15, 0.2) is 17.5 Å². The van der Waals surface area contributed by atoms with Crippen molar-refractivity contribution in [1.29, 1.82) is 0 Å². The second-order valence-electron chi connectivity index (χ2n) is 40.8. The molecule has 3 aliphatic carbocycles. The van der Waals surface area contributed by atoms with Crippen LogP contribution in [-0.2, 0) is 16.2 Å². The van der Waals surface area contributed by atoms with Gasteiger partial charge in [-0.3, -0.25) is 9.13 Å². The third-order valence-electron chi connectivity index (χ3n) is 31.2. The van der Waals surface area contributed by atoms with Crippen molar-refractivity contribution in [2.24, 2.45) is 0 Å². The number of aromatic nitrogens is 10. The van der Waals surface area contributed by atoms with E-state index in [0.717, 1.165) is 117 Å². The Hall–Kier alpha value is -18.8. The normalized spacial score (nSPS) is 13.2. The van der Waals surface area contributed by atoms with E-state index >= 15 is 0 Å². The SMILES string of the molecule is CC1(C)c2cc(-c3cccc4c3oc3ccccc34)ccc2-c2cc3c(cc21)c1ccccc1n3-c1nc(-c2ccccc2)cc(-c2ccccc2)n1.CC1(C)c2ccccc2-c2cc3c(cc21)c1ccccc1n3-c1ccc(-c2nc(-c3ccccc3)nc(-c3ccccc3)n2)cc1.CC1(C)c2ccccc2-c2ccc3c4cc(-c5ccc(-c6nc7ccccc7n6-c6ccccc6)cc5)ccc4n(-c4ccccc4)c3c21. The van der Waals surface area contributed by atoms with E-state index in [0.29, 0.717) is 23.4 Å². The third kappa shape index (κ3) is 14.0. The molecule has 0 aliphatic heterocycles. The number of nitrogens with zero attached hydrogens (tertiary/aromatic N) is 10. The molecule has 20 aromatic carbocycles. The highest BCUT2D eigenvalue weighted by molar-refractivity contribution is 6.17. The highest BCUT2D eigenvalue weighted by Gasteiger charge is 2.42. The van der Waals surface area contributed by atoms with Crippen LogP contribution in [0.15, 0.2) is 478 Å². The highest BCUT2D eigenvalue weighted by atomic mass is 16.3. The van der Waals surface area contributed by atoms with Crippen molar-refractivity contribution >= 4 is 98.4 Å². The number of hydrogen-bond acceptors (Lipinski definition) is 7. The summed E-state index contributed by atoms with van der Waals surface area (Å²) in [7, 11) is 0. The fraction of sp³-hybridized carbons (Fsp3) is 0.0657. The van der Waals surface area contributed by atoms with Crippen molar-refractivity contribution in [2.45, 2.75) is 57.8 Å². The second kappa shape index (κ2) is 34.2. The van der Waals surface area contributed by atoms with E-state index in [1.165, 1.54) is 138 Å². The molecule has 0 saturated heterocycles. The predicted octanol–water partition coefficient (Wildman–Crippen LogP) is 34.8. The number of fused-ring (bicyclic) bond motifs is 23. The molecule has 0 radical (unpaired) electrons. The summed E-state index contributed by atoms with van der Waals surface area (Å²) in [5.41, 5.74) is 42.6. The zero-order valence-electron chi connectivity index (χ0n) is 82.4. The molecule has 0 spiro atoms. The maximum absolute atomic E-state index is 6.47. The molecule has 7 heterocycles. The first-order chi connectivity index (χ1) is 72.7. The Morgan fingerprint density at radius 3 is 1.22 bits per heavy atom. The molecule has 0 fully saturated rings. The Morgan fingerprint density at radius 1 is 0.203 bits per heavy atom. The van der Waals surface area contributed by atoms with Gasteiger partial charge in [0, 0.05) is 115 Å². The van der Waals surface area contributed by atoms with Gasteiger partial charge in [0.2, 0.25) is 5.95 Å². The van der Waals surface area contributed by atoms with Gasteiger partial charge in [-0.1, -0.05) is 387 Å². The van der Waals surface area contributed by atoms with Crippen molar-refractivity contribution in [2.75, 3.05) is 0 Å². The largest absolute Gasteiger partial charge is 0.455 e. The van der Waals surface area contributed by atoms with Gasteiger partial charge in [-0.2, -0.15) is 0 Å². The molecule has 0 saturated carbocycles. The van der Waals surface area contributed by atoms with Crippen molar-refractivity contribution in [1.82, 2.24) is 48.2 Å². The van der Waals surface area contributed by atoms with E-state index in [-0.39, 0.29) is 16.2 Å². The summed E-state index contributed by atoms with van der Waals surface area (Å²) in [5, 5.41) is 9.75. The van der Waals surface area contributed by atoms with Crippen LogP contribution in [0.4, 0.5) is 0 Å². The van der Waals surface area contributed by atoms with Gasteiger partial charge in [0.05, 0.1) is 55.5 Å². The molecule has 0 bridgehead atoms. The summed E-state index contributed by atoms with van der Waals surface area (Å²) in [5.74, 6) is 3.57. The van der Waals surface area contributed by atoms with Crippen LogP contribution < -0.4 is 0 Å². The van der Waals surface area contributed by atoms with Crippen LogP contribution in [-0.4, -0.2) is 48.2 Å². The average Bonchev–Trinajstić information content (AvgIpc) is 1.53. The minimum absolute atomic E-state index is 0.0489. The Kier molecular flexibility index (Phi) is 20.1. The molecule has 0 amide bonds. The first-order valence-corrected chi connectivity index (χ1v) is 50.9. The van der Waals surface area contributed by atoms with Crippen LogP contribution >= 0.6 is 0 Å². The standard InChI is InChI=1S/C49H33N3O.C46H33N3.C42H30N4/c1-49(2)40-26-32(33-20-13-21-37-36-19-10-12-23-46(36)53-47(33)37)24-25-34(40)38-28-45-39(27-41(38)49)35-18-9-11-22-44(35)52(45)48-50-42(30-14-5-3-6-15-30)29-43(51-48)31-16-7-4-8-17-31;1-46(2)39-18-10-9-17-35(39)36-26-27-37-38-29-32(25-28-41(38)48(44(37)43(36)46)33-13-5-3-6-14-33)30-21-23-31(24-22-30)45-47-40-19-11-12-20-42(40)49(45)34-15-7-4-8-16-34;1-42(2)35-19-11-9-17-31(35)33-26-38-34(25-36(33)42)32-18-10-12-20-37(32)46(38)30-23-21-29(22-24-30)41-44-39(27-13-5-3-6-14-27)43-40(45-41)28-15-7-4-8-16-28/h3-29H,1-2H3;3-29H,1-2H3;3-26H,1-2H3. The number of furan rings is 1. The van der Waals surface area contributed by atoms with E-state index in [1.807, 2.05) is 84.9 Å². The third-order valence-corrected chi connectivity index (χ3v) is 31.2. The van der Waals surface area contributed by atoms with Crippen LogP contribution in [0.25, 0.3) is 245 Å². The van der Waals surface area contributed by atoms with E-state index in [1.54, 1.807) is 0 Å². The fourth-order valence-electron chi connectivity index (χ4n) is 24.0. The number of imidazole rings is 1. The highest BCUT2D eigenvalue weighted by Crippen LogP contribution is 2.57. The van der Waals surface area contributed by atoms with E-state index in [2.05, 4.69) is 448 Å². The Balaban J connectivity index is 0.000000107. The van der Waals surface area contributed by atoms with Crippen LogP contribution in [0.5, 0.6) is 0 Å². The van der Waals surface area contributed by atoms with Crippen LogP contribution in [0.2, 0.25) is 0 Å². The lowest BCUT2D eigenvalue weighted by molar-refractivity contribution is 0.661. The smallest absolute Gasteiger partial charge is 0.235 e. The van der Waals surface area contributed by atoms with Gasteiger partial charge in [-0.15, -0.1) is 0 Å². The molecule has 7 aromatic heterocycles. The topological polar surface area (TPSA) is 110 Å². The maximum atomic E-state index is 6.47. The first-order valence-electron chi connectivity index (χ1n) is 50.9. The lowest BCUT2D eigenvalue weighted by atomic mass is 9.81. The summed E-state index contributed by atoms with van der Waals surface area (Å²) in [4.78, 5) is 30.3. The van der Waals surface area contributed by atoms with Gasteiger partial charge < -0.3 is 13.6 Å². The quantitative estimate of drug-likeness (QED) is 0.120. The zero-order valence-corrected chi connectivity index (χ0v) is 82.4. The minimum atomic E-state index is -0.218. The molecule has 11 nitrogen and oxygen atoms in total. The van der Waals surface area contributed by atoms with E-state index in [4.69, 9.17) is 34.3 Å². The molecule has 0 N–H and O–H groups in total. The molecule has 11 heteroatoms. The summed E-state index contributed by atoms with van der Waals surface area (Å²) < 4.78 is 15.9. The molecular weight excluding hydrogens is 1800 g/mol. The van der Waals surface area contributed by atoms with Gasteiger partial charge >= 0.3 is 0 Å². The van der Waals surface area contributed by atoms with E-state index < -0.39 is 0 Å². The minimum Gasteiger partial charge on any atom is -0.455 e. The number of para-hydroxylation sites is 8. The van der Waals surface area contributed by atoms with Crippen LogP contribution in [0.3, 0.4) is 0 Å². The molecular formula is C137H96N10O. The lowest BCUT2D eigenvalue weighted by Gasteiger charge is -2.23. The number of hydrogen-bond donors (Lipinski definition) is 0. The monoisotopic (exact) mass is 1900 g/mol. The zero-order chi connectivity index (χ0) is 98.8. The molecule has 3 aliphatic rings. The lowest BCUT2D eigenvalue weighted by Crippen LogP contribution is -2.16. The summed E-state index contributed by atoms with van der Waals surface area (Å²) in [6.45, 7) is 14.1. The fourth-order valence-corrected chi connectivity index (χ4v) is 24.0. The first kappa shape index (κ1) is 87.0.